The number of anilines is 2. The van der Waals surface area contributed by atoms with Gasteiger partial charge in [0.1, 0.15) is 6.10 Å². The molecule has 1 N–H and O–H groups in total. The first kappa shape index (κ1) is 22.4. The third-order valence-electron chi connectivity index (χ3n) is 7.49. The van der Waals surface area contributed by atoms with Crippen LogP contribution in [0.2, 0.25) is 0 Å². The maximum absolute atomic E-state index is 16.3. The van der Waals surface area contributed by atoms with Crippen molar-refractivity contribution < 1.29 is 18.7 Å². The van der Waals surface area contributed by atoms with Crippen LogP contribution in [0.25, 0.3) is 28.0 Å². The fraction of sp³-hybridized carbons (Fsp3) is 0.385. The van der Waals surface area contributed by atoms with Crippen molar-refractivity contribution in [3.8, 4) is 16.9 Å². The van der Waals surface area contributed by atoms with Gasteiger partial charge in [-0.15, -0.1) is 0 Å². The van der Waals surface area contributed by atoms with Crippen LogP contribution in [0.15, 0.2) is 42.7 Å². The monoisotopic (exact) mass is 503 g/mol. The zero-order valence-corrected chi connectivity index (χ0v) is 20.3. The number of ether oxygens (including phenoxy) is 2. The summed E-state index contributed by atoms with van der Waals surface area (Å²) >= 11 is 0. The summed E-state index contributed by atoms with van der Waals surface area (Å²) in [6.07, 6.45) is 4.71. The minimum Gasteiger partial charge on any atom is -0.377 e. The molecular weight excluding hydrogens is 477 g/mol. The van der Waals surface area contributed by atoms with E-state index in [1.165, 1.54) is 0 Å². The molecule has 7 rings (SSSR count). The second-order valence-corrected chi connectivity index (χ2v) is 9.79. The molecule has 6 heterocycles. The molecule has 3 aliphatic rings. The van der Waals surface area contributed by atoms with Crippen LogP contribution in [0.4, 0.5) is 15.9 Å². The van der Waals surface area contributed by atoms with Gasteiger partial charge in [0.2, 0.25) is 0 Å². The number of H-pyrrole nitrogens is 1. The molecule has 10 nitrogen and oxygen atoms in total. The third kappa shape index (κ3) is 3.60. The van der Waals surface area contributed by atoms with E-state index in [1.54, 1.807) is 28.0 Å². The van der Waals surface area contributed by atoms with Gasteiger partial charge < -0.3 is 19.3 Å². The van der Waals surface area contributed by atoms with Crippen molar-refractivity contribution in [2.75, 3.05) is 36.1 Å². The molecule has 3 fully saturated rings. The molecule has 0 radical (unpaired) electrons. The first-order valence-corrected chi connectivity index (χ1v) is 12.6. The van der Waals surface area contributed by atoms with E-state index in [0.29, 0.717) is 54.3 Å². The molecule has 0 spiro atoms. The minimum atomic E-state index is -0.406. The smallest absolute Gasteiger partial charge is 0.256 e. The van der Waals surface area contributed by atoms with E-state index in [0.717, 1.165) is 18.5 Å². The van der Waals surface area contributed by atoms with E-state index in [4.69, 9.17) is 14.5 Å². The van der Waals surface area contributed by atoms with Gasteiger partial charge in [0.15, 0.2) is 23.1 Å². The lowest BCUT2D eigenvalue weighted by atomic mass is 10.0. The van der Waals surface area contributed by atoms with Gasteiger partial charge >= 0.3 is 0 Å². The van der Waals surface area contributed by atoms with Crippen LogP contribution in [0.1, 0.15) is 19.8 Å². The van der Waals surface area contributed by atoms with Crippen molar-refractivity contribution in [1.29, 1.82) is 0 Å². The molecule has 4 aromatic rings. The lowest BCUT2D eigenvalue weighted by molar-refractivity contribution is -0.133. The van der Waals surface area contributed by atoms with Gasteiger partial charge in [-0.1, -0.05) is 12.1 Å². The van der Waals surface area contributed by atoms with E-state index in [2.05, 4.69) is 15.3 Å². The molecule has 2 unspecified atom stereocenters. The summed E-state index contributed by atoms with van der Waals surface area (Å²) in [7, 11) is 0. The largest absolute Gasteiger partial charge is 0.377 e. The van der Waals surface area contributed by atoms with E-state index in [9.17, 15) is 4.79 Å². The van der Waals surface area contributed by atoms with Crippen molar-refractivity contribution in [2.45, 2.75) is 38.0 Å². The standard InChI is InChI=1S/C26H26FN7O3/c1-15-14-36-11-10-32(15)25-23(27)22(19-12-29-34(24(19)30-25)21-8-9-28-31-21)16-2-4-17(5-3-16)33-13-18-6-7-20(37-18)26(33)35/h2-5,8-9,12,15,18,20H,6-7,10-11,13-14H2,1H3,(H,28,31)/t15-,18?,20?/m1/s1. The topological polar surface area (TPSA) is 101 Å². The molecule has 190 valence electrons. The Kier molecular flexibility index (Phi) is 5.22. The molecule has 0 saturated carbocycles. The Bertz CT molecular complexity index is 1470. The molecule has 1 aromatic carbocycles. The van der Waals surface area contributed by atoms with Gasteiger partial charge in [-0.05, 0) is 37.5 Å². The average Bonchev–Trinajstić information content (AvgIpc) is 3.67. The van der Waals surface area contributed by atoms with Gasteiger partial charge in [0.05, 0.1) is 43.5 Å². The first-order valence-electron chi connectivity index (χ1n) is 12.6. The third-order valence-corrected chi connectivity index (χ3v) is 7.49. The van der Waals surface area contributed by atoms with E-state index in [-0.39, 0.29) is 30.0 Å². The Morgan fingerprint density at radius 1 is 1.16 bits per heavy atom. The molecule has 37 heavy (non-hydrogen) atoms. The highest BCUT2D eigenvalue weighted by molar-refractivity contribution is 5.99. The molecule has 2 bridgehead atoms. The summed E-state index contributed by atoms with van der Waals surface area (Å²) in [6.45, 7) is 4.07. The number of hydrogen-bond donors (Lipinski definition) is 1. The zero-order valence-electron chi connectivity index (χ0n) is 20.3. The van der Waals surface area contributed by atoms with Gasteiger partial charge in [0.25, 0.3) is 5.91 Å². The number of amides is 1. The predicted molar refractivity (Wildman–Crippen MR) is 134 cm³/mol. The number of benzene rings is 1. The second-order valence-electron chi connectivity index (χ2n) is 9.79. The van der Waals surface area contributed by atoms with Gasteiger partial charge in [0, 0.05) is 30.1 Å². The number of hydrogen-bond acceptors (Lipinski definition) is 7. The van der Waals surface area contributed by atoms with Crippen molar-refractivity contribution in [3.05, 3.63) is 48.5 Å². The molecule has 3 atom stereocenters. The lowest BCUT2D eigenvalue weighted by Crippen LogP contribution is -2.47. The quantitative estimate of drug-likeness (QED) is 0.457. The van der Waals surface area contributed by atoms with Crippen LogP contribution < -0.4 is 9.80 Å². The molecule has 0 aliphatic carbocycles. The van der Waals surface area contributed by atoms with Crippen molar-refractivity contribution in [1.82, 2.24) is 25.0 Å². The number of carbonyl (C=O) groups is 1. The Balaban J connectivity index is 1.35. The number of rotatable bonds is 4. The van der Waals surface area contributed by atoms with Crippen molar-refractivity contribution >= 4 is 28.4 Å². The fourth-order valence-electron chi connectivity index (χ4n) is 5.59. The SMILES string of the molecule is C[C@@H]1COCCN1c1nc2c(cnn2-c2cc[nH]n2)c(-c2ccc(N3CC4CCC(O4)C3=O)cc2)c1F. The Labute approximate surface area is 212 Å². The lowest BCUT2D eigenvalue weighted by Gasteiger charge is -2.34. The predicted octanol–water partition coefficient (Wildman–Crippen LogP) is 3.07. The minimum absolute atomic E-state index is 0.0112. The number of nitrogens with zero attached hydrogens (tertiary/aromatic N) is 6. The summed E-state index contributed by atoms with van der Waals surface area (Å²) < 4.78 is 29.3. The molecule has 3 saturated heterocycles. The van der Waals surface area contributed by atoms with Gasteiger partial charge in [-0.25, -0.2) is 9.37 Å². The summed E-state index contributed by atoms with van der Waals surface area (Å²) in [5.74, 6) is 0.412. The first-order chi connectivity index (χ1) is 18.1. The van der Waals surface area contributed by atoms with Gasteiger partial charge in [-0.2, -0.15) is 14.9 Å². The van der Waals surface area contributed by atoms with Crippen LogP contribution in [-0.2, 0) is 14.3 Å². The number of fused-ring (bicyclic) bond motifs is 3. The summed E-state index contributed by atoms with van der Waals surface area (Å²) in [5, 5.41) is 12.1. The molecule has 3 aromatic heterocycles. The highest BCUT2D eigenvalue weighted by Crippen LogP contribution is 2.38. The maximum atomic E-state index is 16.3. The van der Waals surface area contributed by atoms with E-state index < -0.39 is 5.82 Å². The number of carbonyl (C=O) groups excluding carboxylic acids is 1. The van der Waals surface area contributed by atoms with Crippen LogP contribution in [0.3, 0.4) is 0 Å². The highest BCUT2D eigenvalue weighted by Gasteiger charge is 2.40. The maximum Gasteiger partial charge on any atom is 0.256 e. The summed E-state index contributed by atoms with van der Waals surface area (Å²) in [6, 6.07) is 9.22. The number of halogens is 1. The Hall–Kier alpha value is -3.83. The zero-order chi connectivity index (χ0) is 25.1. The second kappa shape index (κ2) is 8.63. The molecule has 1 amide bonds. The van der Waals surface area contributed by atoms with E-state index >= 15 is 4.39 Å². The van der Waals surface area contributed by atoms with Crippen LogP contribution in [-0.4, -0.2) is 75.4 Å². The Morgan fingerprint density at radius 3 is 2.81 bits per heavy atom. The Morgan fingerprint density at radius 2 is 2.03 bits per heavy atom. The summed E-state index contributed by atoms with van der Waals surface area (Å²) in [4.78, 5) is 21.3. The number of aromatic nitrogens is 5. The van der Waals surface area contributed by atoms with Crippen LogP contribution in [0, 0.1) is 5.82 Å². The summed E-state index contributed by atoms with van der Waals surface area (Å²) in [5.41, 5.74) is 2.40. The van der Waals surface area contributed by atoms with E-state index in [1.807, 2.05) is 36.1 Å². The highest BCUT2D eigenvalue weighted by atomic mass is 19.1. The number of nitrogens with one attached hydrogen (secondary N) is 1. The number of morpholine rings is 2. The van der Waals surface area contributed by atoms with Crippen molar-refractivity contribution in [3.63, 3.8) is 0 Å². The molecule has 3 aliphatic heterocycles. The number of pyridine rings is 1. The number of aromatic amines is 1. The average molecular weight is 504 g/mol. The van der Waals surface area contributed by atoms with Crippen LogP contribution >= 0.6 is 0 Å². The fourth-order valence-corrected chi connectivity index (χ4v) is 5.59. The van der Waals surface area contributed by atoms with Gasteiger partial charge in [-0.3, -0.25) is 9.89 Å². The van der Waals surface area contributed by atoms with Crippen molar-refractivity contribution in [2.24, 2.45) is 0 Å². The molecular formula is C26H26FN7O3. The normalized spacial score (nSPS) is 23.8. The molecule has 11 heteroatoms. The van der Waals surface area contributed by atoms with Crippen LogP contribution in [0.5, 0.6) is 0 Å².